The van der Waals surface area contributed by atoms with Gasteiger partial charge in [0.25, 0.3) is 5.91 Å². The van der Waals surface area contributed by atoms with Gasteiger partial charge in [-0.3, -0.25) is 24.3 Å². The van der Waals surface area contributed by atoms with E-state index in [1.165, 1.54) is 23.4 Å². The average Bonchev–Trinajstić information content (AvgIpc) is 3.60. The molecule has 3 aromatic rings. The van der Waals surface area contributed by atoms with Gasteiger partial charge in [0.15, 0.2) is 5.76 Å². The lowest BCUT2D eigenvalue weighted by Crippen LogP contribution is -2.48. The minimum atomic E-state index is -0.972. The predicted octanol–water partition coefficient (Wildman–Crippen LogP) is 2.47. The van der Waals surface area contributed by atoms with E-state index in [0.717, 1.165) is 12.8 Å². The molecule has 4 rings (SSSR count). The third kappa shape index (κ3) is 5.68. The van der Waals surface area contributed by atoms with E-state index in [9.17, 15) is 14.4 Å². The lowest BCUT2D eigenvalue weighted by molar-refractivity contribution is -0.126. The number of hydrogen-bond acceptors (Lipinski definition) is 6. The van der Waals surface area contributed by atoms with E-state index in [1.54, 1.807) is 48.7 Å². The fraction of sp³-hybridized carbons (Fsp3) is 0.280. The van der Waals surface area contributed by atoms with Crippen LogP contribution in [0.15, 0.2) is 77.7 Å². The molecule has 2 aromatic heterocycles. The molecule has 0 saturated carbocycles. The zero-order valence-electron chi connectivity index (χ0n) is 18.6. The predicted molar refractivity (Wildman–Crippen MR) is 124 cm³/mol. The molecular formula is C25H26N4O5. The van der Waals surface area contributed by atoms with Gasteiger partial charge in [-0.05, 0) is 42.7 Å². The molecule has 0 bridgehead atoms. The largest absolute Gasteiger partial charge is 0.459 e. The number of carbonyl (C=O) groups excluding carboxylic acids is 3. The van der Waals surface area contributed by atoms with Crippen LogP contribution in [0.2, 0.25) is 0 Å². The first-order valence-electron chi connectivity index (χ1n) is 11.1. The average molecular weight is 463 g/mol. The van der Waals surface area contributed by atoms with Gasteiger partial charge in [-0.25, -0.2) is 0 Å². The Morgan fingerprint density at radius 2 is 1.91 bits per heavy atom. The third-order valence-corrected chi connectivity index (χ3v) is 5.49. The second-order valence-electron chi connectivity index (χ2n) is 7.83. The van der Waals surface area contributed by atoms with Crippen LogP contribution >= 0.6 is 0 Å². The van der Waals surface area contributed by atoms with E-state index in [-0.39, 0.29) is 24.3 Å². The molecule has 0 unspecified atom stereocenters. The summed E-state index contributed by atoms with van der Waals surface area (Å²) in [6, 6.07) is 14.5. The monoisotopic (exact) mass is 462 g/mol. The van der Waals surface area contributed by atoms with Crippen molar-refractivity contribution in [2.45, 2.75) is 25.0 Å². The molecule has 1 aliphatic heterocycles. The summed E-state index contributed by atoms with van der Waals surface area (Å²) in [5.41, 5.74) is 1.06. The smallest absolute Gasteiger partial charge is 0.287 e. The van der Waals surface area contributed by atoms with Crippen molar-refractivity contribution >= 4 is 23.4 Å². The Hall–Kier alpha value is -3.98. The van der Waals surface area contributed by atoms with Gasteiger partial charge in [0.1, 0.15) is 6.04 Å². The van der Waals surface area contributed by atoms with Crippen LogP contribution in [0.4, 0.5) is 5.69 Å². The van der Waals surface area contributed by atoms with Crippen molar-refractivity contribution in [1.29, 1.82) is 0 Å². The van der Waals surface area contributed by atoms with Gasteiger partial charge in [0.05, 0.1) is 30.8 Å². The topological polar surface area (TPSA) is 114 Å². The van der Waals surface area contributed by atoms with E-state index >= 15 is 0 Å². The number of nitrogens with zero attached hydrogens (tertiary/aromatic N) is 2. The van der Waals surface area contributed by atoms with Gasteiger partial charge in [-0.15, -0.1) is 0 Å². The summed E-state index contributed by atoms with van der Waals surface area (Å²) in [6.45, 7) is 0.696. The summed E-state index contributed by atoms with van der Waals surface area (Å²) in [5.74, 6) is -1.26. The highest BCUT2D eigenvalue weighted by atomic mass is 16.5. The minimum absolute atomic E-state index is 0.0458. The number of aromatic nitrogens is 1. The van der Waals surface area contributed by atoms with Gasteiger partial charge in [0.2, 0.25) is 11.8 Å². The molecule has 0 spiro atoms. The maximum atomic E-state index is 13.5. The number of rotatable bonds is 9. The second-order valence-corrected chi connectivity index (χ2v) is 7.83. The van der Waals surface area contributed by atoms with Crippen LogP contribution in [0.25, 0.3) is 0 Å². The lowest BCUT2D eigenvalue weighted by Gasteiger charge is -2.31. The summed E-state index contributed by atoms with van der Waals surface area (Å²) in [7, 11) is 0. The fourth-order valence-electron chi connectivity index (χ4n) is 3.84. The molecular weight excluding hydrogens is 436 g/mol. The number of pyridine rings is 1. The SMILES string of the molecule is O=C(NCC(=O)N(c1cccnc1)[C@@H](C(=O)NC[C@@H]1CCCO1)c1ccccc1)c1ccco1. The molecule has 1 fully saturated rings. The lowest BCUT2D eigenvalue weighted by atomic mass is 10.0. The molecule has 0 radical (unpaired) electrons. The van der Waals surface area contributed by atoms with Crippen LogP contribution in [0.5, 0.6) is 0 Å². The highest BCUT2D eigenvalue weighted by Crippen LogP contribution is 2.27. The molecule has 34 heavy (non-hydrogen) atoms. The molecule has 9 heteroatoms. The molecule has 176 valence electrons. The molecule has 2 N–H and O–H groups in total. The third-order valence-electron chi connectivity index (χ3n) is 5.49. The molecule has 3 heterocycles. The van der Waals surface area contributed by atoms with Gasteiger partial charge in [0, 0.05) is 19.3 Å². The van der Waals surface area contributed by atoms with Crippen molar-refractivity contribution < 1.29 is 23.5 Å². The highest BCUT2D eigenvalue weighted by molar-refractivity contribution is 6.04. The molecule has 2 atom stereocenters. The van der Waals surface area contributed by atoms with Crippen molar-refractivity contribution in [3.05, 3.63) is 84.6 Å². The maximum absolute atomic E-state index is 13.5. The van der Waals surface area contributed by atoms with Crippen LogP contribution in [0.3, 0.4) is 0 Å². The molecule has 9 nitrogen and oxygen atoms in total. The number of furan rings is 1. The van der Waals surface area contributed by atoms with Gasteiger partial charge in [-0.2, -0.15) is 0 Å². The van der Waals surface area contributed by atoms with Crippen molar-refractivity contribution in [3.8, 4) is 0 Å². The first-order chi connectivity index (χ1) is 16.6. The van der Waals surface area contributed by atoms with Crippen molar-refractivity contribution in [2.24, 2.45) is 0 Å². The summed E-state index contributed by atoms with van der Waals surface area (Å²) >= 11 is 0. The summed E-state index contributed by atoms with van der Waals surface area (Å²) in [5, 5.41) is 5.50. The van der Waals surface area contributed by atoms with E-state index in [4.69, 9.17) is 9.15 Å². The van der Waals surface area contributed by atoms with Gasteiger partial charge < -0.3 is 19.8 Å². The minimum Gasteiger partial charge on any atom is -0.459 e. The number of hydrogen-bond donors (Lipinski definition) is 2. The Morgan fingerprint density at radius 1 is 1.06 bits per heavy atom. The Balaban J connectivity index is 1.60. The fourth-order valence-corrected chi connectivity index (χ4v) is 3.84. The number of carbonyl (C=O) groups is 3. The first kappa shape index (κ1) is 23.2. The Labute approximate surface area is 197 Å². The van der Waals surface area contributed by atoms with Crippen LogP contribution in [0.1, 0.15) is 35.0 Å². The van der Waals surface area contributed by atoms with Gasteiger partial charge in [-0.1, -0.05) is 30.3 Å². The van der Waals surface area contributed by atoms with Crippen LogP contribution in [-0.4, -0.2) is 48.5 Å². The number of benzene rings is 1. The van der Waals surface area contributed by atoms with Crippen LogP contribution in [-0.2, 0) is 14.3 Å². The van der Waals surface area contributed by atoms with Gasteiger partial charge >= 0.3 is 0 Å². The van der Waals surface area contributed by atoms with Crippen LogP contribution in [0, 0.1) is 0 Å². The van der Waals surface area contributed by atoms with E-state index in [1.807, 2.05) is 6.07 Å². The van der Waals surface area contributed by atoms with Crippen LogP contribution < -0.4 is 15.5 Å². The maximum Gasteiger partial charge on any atom is 0.287 e. The quantitative estimate of drug-likeness (QED) is 0.505. The summed E-state index contributed by atoms with van der Waals surface area (Å²) in [6.07, 6.45) is 6.26. The summed E-state index contributed by atoms with van der Waals surface area (Å²) < 4.78 is 10.7. The first-order valence-corrected chi connectivity index (χ1v) is 11.1. The Bertz CT molecular complexity index is 1080. The highest BCUT2D eigenvalue weighted by Gasteiger charge is 2.33. The molecule has 1 saturated heterocycles. The molecule has 3 amide bonds. The zero-order valence-corrected chi connectivity index (χ0v) is 18.6. The van der Waals surface area contributed by atoms with E-state index in [0.29, 0.717) is 24.4 Å². The second kappa shape index (κ2) is 11.2. The number of ether oxygens (including phenoxy) is 1. The molecule has 0 aliphatic carbocycles. The van der Waals surface area contributed by atoms with Crippen molar-refractivity contribution in [3.63, 3.8) is 0 Å². The number of anilines is 1. The van der Waals surface area contributed by atoms with Crippen molar-refractivity contribution in [2.75, 3.05) is 24.6 Å². The van der Waals surface area contributed by atoms with E-state index in [2.05, 4.69) is 15.6 Å². The van der Waals surface area contributed by atoms with E-state index < -0.39 is 17.9 Å². The summed E-state index contributed by atoms with van der Waals surface area (Å²) in [4.78, 5) is 44.7. The standard InChI is InChI=1S/C25H26N4O5/c30-22(17-28-24(31)21-11-6-14-34-21)29(19-9-4-12-26-15-19)23(18-7-2-1-3-8-18)25(32)27-16-20-10-5-13-33-20/h1-4,6-9,11-12,14-15,20,23H,5,10,13,16-17H2,(H,27,32)(H,28,31)/t20-,23+/m0/s1. The molecule has 1 aromatic carbocycles. The Kier molecular flexibility index (Phi) is 7.67. The number of amides is 3. The van der Waals surface area contributed by atoms with Crippen molar-refractivity contribution in [1.82, 2.24) is 15.6 Å². The number of nitrogens with one attached hydrogen (secondary N) is 2. The Morgan fingerprint density at radius 3 is 2.59 bits per heavy atom. The molecule has 1 aliphatic rings. The zero-order chi connectivity index (χ0) is 23.8. The normalized spacial score (nSPS) is 15.9.